The molecule has 0 saturated carbocycles. The second kappa shape index (κ2) is 12.4. The highest BCUT2D eigenvalue weighted by molar-refractivity contribution is 8.13. The zero-order valence-electron chi connectivity index (χ0n) is 19.8. The predicted molar refractivity (Wildman–Crippen MR) is 168 cm³/mol. The van der Waals surface area contributed by atoms with Crippen molar-refractivity contribution in [1.82, 2.24) is 0 Å². The summed E-state index contributed by atoms with van der Waals surface area (Å²) in [7, 11) is -7.60. The third-order valence-electron chi connectivity index (χ3n) is 4.82. The standard InChI is InChI=1S/C24H16Cl6N3O4P3/c25-17-1-9-21(10-2-17)34-39(35-22-11-3-18(26)4-12-22)31-38(29,30)32-40(33-39,36-23-13-5-19(27)6-14-23)37-24-15-7-20(28)8-16-24/h1-16H. The molecule has 0 aromatic heterocycles. The van der Waals surface area contributed by atoms with Gasteiger partial charge in [-0.05, 0) is 120 Å². The van der Waals surface area contributed by atoms with Crippen LogP contribution in [0.4, 0.5) is 0 Å². The van der Waals surface area contributed by atoms with Gasteiger partial charge in [-0.3, -0.25) is 0 Å². The van der Waals surface area contributed by atoms with Gasteiger partial charge in [0.25, 0.3) is 5.91 Å². The van der Waals surface area contributed by atoms with E-state index in [1.54, 1.807) is 97.1 Å². The maximum atomic E-state index is 6.74. The van der Waals surface area contributed by atoms with Crippen molar-refractivity contribution in [2.24, 2.45) is 13.5 Å². The molecule has 5 rings (SSSR count). The van der Waals surface area contributed by atoms with Gasteiger partial charge < -0.3 is 18.1 Å². The molecule has 0 atom stereocenters. The molecule has 1 aliphatic heterocycles. The number of rotatable bonds is 8. The number of halogens is 6. The van der Waals surface area contributed by atoms with Crippen LogP contribution in [-0.2, 0) is 0 Å². The van der Waals surface area contributed by atoms with E-state index in [-0.39, 0.29) is 0 Å². The summed E-state index contributed by atoms with van der Waals surface area (Å²) in [4.78, 5) is 0. The Morgan fingerprint density at radius 2 is 0.625 bits per heavy atom. The molecule has 0 saturated heterocycles. The highest BCUT2D eigenvalue weighted by Crippen LogP contribution is 2.82. The molecule has 0 aliphatic carbocycles. The van der Waals surface area contributed by atoms with Crippen molar-refractivity contribution in [1.29, 1.82) is 0 Å². The molecule has 1 aliphatic rings. The first kappa shape index (κ1) is 30.0. The van der Waals surface area contributed by atoms with Crippen LogP contribution >= 0.6 is 90.1 Å². The fraction of sp³-hybridized carbons (Fsp3) is 0. The van der Waals surface area contributed by atoms with Gasteiger partial charge >= 0.3 is 15.3 Å². The SMILES string of the molecule is Clc1ccc(OP2(Oc3ccc(Cl)cc3)=NP(Cl)(Cl)=NP(Oc3ccc(Cl)cc3)(Oc3ccc(Cl)cc3)=N2)cc1. The van der Waals surface area contributed by atoms with Crippen LogP contribution in [0.25, 0.3) is 0 Å². The lowest BCUT2D eigenvalue weighted by Gasteiger charge is -2.30. The Kier molecular flexibility index (Phi) is 9.29. The van der Waals surface area contributed by atoms with Crippen molar-refractivity contribution < 1.29 is 18.1 Å². The molecule has 1 heterocycles. The second-order valence-corrected chi connectivity index (χ2v) is 18.7. The van der Waals surface area contributed by atoms with Gasteiger partial charge in [-0.1, -0.05) is 50.9 Å². The Balaban J connectivity index is 1.72. The van der Waals surface area contributed by atoms with E-state index in [4.69, 9.17) is 91.5 Å². The van der Waals surface area contributed by atoms with Crippen LogP contribution in [0.3, 0.4) is 0 Å². The van der Waals surface area contributed by atoms with E-state index in [9.17, 15) is 0 Å². The van der Waals surface area contributed by atoms with Gasteiger partial charge in [-0.25, -0.2) is 0 Å². The highest BCUT2D eigenvalue weighted by Gasteiger charge is 2.44. The van der Waals surface area contributed by atoms with E-state index >= 15 is 0 Å². The molecule has 0 fully saturated rings. The van der Waals surface area contributed by atoms with Crippen molar-refractivity contribution in [3.8, 4) is 23.0 Å². The summed E-state index contributed by atoms with van der Waals surface area (Å²) in [5.74, 6) is -2.22. The number of hydrogen-bond donors (Lipinski definition) is 0. The summed E-state index contributed by atoms with van der Waals surface area (Å²) in [5.41, 5.74) is 0. The fourth-order valence-corrected chi connectivity index (χ4v) is 14.3. The van der Waals surface area contributed by atoms with Crippen LogP contribution in [0.5, 0.6) is 23.0 Å². The minimum Gasteiger partial charge on any atom is -0.413 e. The van der Waals surface area contributed by atoms with Gasteiger partial charge in [0.2, 0.25) is 0 Å². The second-order valence-electron chi connectivity index (χ2n) is 7.89. The van der Waals surface area contributed by atoms with Crippen LogP contribution in [0.1, 0.15) is 0 Å². The Morgan fingerprint density at radius 3 is 0.900 bits per heavy atom. The van der Waals surface area contributed by atoms with E-state index in [1.807, 2.05) is 0 Å². The average molecular weight is 716 g/mol. The Hall–Kier alpha value is -1.49. The molecular weight excluding hydrogens is 700 g/mol. The van der Waals surface area contributed by atoms with Crippen molar-refractivity contribution in [2.75, 3.05) is 0 Å². The van der Waals surface area contributed by atoms with Crippen molar-refractivity contribution in [3.63, 3.8) is 0 Å². The molecule has 0 radical (unpaired) electrons. The average Bonchev–Trinajstić information content (AvgIpc) is 2.89. The molecule has 16 heteroatoms. The Bertz CT molecular complexity index is 1480. The molecule has 0 unspecified atom stereocenters. The topological polar surface area (TPSA) is 74.0 Å². The van der Waals surface area contributed by atoms with Crippen molar-refractivity contribution in [2.45, 2.75) is 0 Å². The maximum Gasteiger partial charge on any atom is 0.457 e. The monoisotopic (exact) mass is 713 g/mol. The molecule has 0 spiro atoms. The molecule has 0 amide bonds. The predicted octanol–water partition coefficient (Wildman–Crippen LogP) is 13.2. The zero-order valence-corrected chi connectivity index (χ0v) is 27.0. The smallest absolute Gasteiger partial charge is 0.413 e. The summed E-state index contributed by atoms with van der Waals surface area (Å²) in [5, 5.41) is 2.01. The summed E-state index contributed by atoms with van der Waals surface area (Å²) < 4.78 is 39.2. The van der Waals surface area contributed by atoms with Crippen molar-refractivity contribution >= 4 is 90.1 Å². The summed E-state index contributed by atoms with van der Waals surface area (Å²) in [6, 6.07) is 26.2. The van der Waals surface area contributed by atoms with E-state index in [1.165, 1.54) is 0 Å². The van der Waals surface area contributed by atoms with Gasteiger partial charge in [-0.15, -0.1) is 9.03 Å². The zero-order chi connectivity index (χ0) is 28.4. The van der Waals surface area contributed by atoms with Crippen LogP contribution in [0.15, 0.2) is 111 Å². The lowest BCUT2D eigenvalue weighted by molar-refractivity contribution is 0.460. The van der Waals surface area contributed by atoms with E-state index in [0.29, 0.717) is 43.1 Å². The first-order valence-corrected chi connectivity index (χ1v) is 19.2. The Labute approximate surface area is 260 Å². The molecular formula is C24H16Cl6N3O4P3. The van der Waals surface area contributed by atoms with E-state index in [2.05, 4.69) is 9.03 Å². The fourth-order valence-electron chi connectivity index (χ4n) is 3.18. The van der Waals surface area contributed by atoms with Crippen LogP contribution in [0.2, 0.25) is 20.1 Å². The van der Waals surface area contributed by atoms with Crippen LogP contribution in [-0.4, -0.2) is 0 Å². The Morgan fingerprint density at radius 1 is 0.375 bits per heavy atom. The summed E-state index contributed by atoms with van der Waals surface area (Å²) in [6.45, 7) is 0. The summed E-state index contributed by atoms with van der Waals surface area (Å²) >= 11 is 37.8. The molecule has 7 nitrogen and oxygen atoms in total. The lowest BCUT2D eigenvalue weighted by atomic mass is 10.3. The minimum atomic E-state index is -3.80. The van der Waals surface area contributed by atoms with Crippen LogP contribution in [0, 0.1) is 0 Å². The molecule has 40 heavy (non-hydrogen) atoms. The van der Waals surface area contributed by atoms with E-state index in [0.717, 1.165) is 0 Å². The maximum absolute atomic E-state index is 6.74. The number of nitrogens with zero attached hydrogens (tertiary/aromatic N) is 3. The molecule has 208 valence electrons. The van der Waals surface area contributed by atoms with Crippen LogP contribution < -0.4 is 18.1 Å². The van der Waals surface area contributed by atoms with Gasteiger partial charge in [0.15, 0.2) is 0 Å². The molecule has 4 aromatic rings. The lowest BCUT2D eigenvalue weighted by Crippen LogP contribution is -2.06. The first-order chi connectivity index (χ1) is 19.0. The van der Waals surface area contributed by atoms with Gasteiger partial charge in [0.05, 0.1) is 0 Å². The number of hydrogen-bond acceptors (Lipinski definition) is 7. The van der Waals surface area contributed by atoms with Gasteiger partial charge in [0, 0.05) is 20.1 Å². The largest absolute Gasteiger partial charge is 0.457 e. The van der Waals surface area contributed by atoms with E-state index < -0.39 is 21.2 Å². The molecule has 0 bridgehead atoms. The van der Waals surface area contributed by atoms with Crippen molar-refractivity contribution in [3.05, 3.63) is 117 Å². The third kappa shape index (κ3) is 7.86. The molecule has 4 aromatic carbocycles. The minimum absolute atomic E-state index is 0.338. The normalized spacial score (nSPS) is 16.4. The third-order valence-corrected chi connectivity index (χ3v) is 15.4. The highest BCUT2D eigenvalue weighted by atomic mass is 35.9. The molecule has 0 N–H and O–H groups in total. The van der Waals surface area contributed by atoms with Gasteiger partial charge in [-0.2, -0.15) is 0 Å². The quantitative estimate of drug-likeness (QED) is 0.170. The van der Waals surface area contributed by atoms with Gasteiger partial charge in [0.1, 0.15) is 23.0 Å². The summed E-state index contributed by atoms with van der Waals surface area (Å²) in [6.07, 6.45) is 0. The number of benzene rings is 4. The first-order valence-electron chi connectivity index (χ1n) is 11.1.